The van der Waals surface area contributed by atoms with Crippen molar-refractivity contribution >= 4 is 17.7 Å². The average molecular weight is 392 g/mol. The fourth-order valence-electron chi connectivity index (χ4n) is 4.08. The number of carbonyl (C=O) groups is 3. The number of nitrogens with one attached hydrogen (secondary N) is 1. The van der Waals surface area contributed by atoms with Crippen LogP contribution in [0, 0.1) is 6.92 Å². The molecule has 2 aliphatic rings. The SMILES string of the molecule is Cc1cc2c(cc1-c1cc(CN(C)C)ccn1)CN(C1CCC(=O)NC1=O)C2=O. The summed E-state index contributed by atoms with van der Waals surface area (Å²) in [5, 5.41) is 2.34. The van der Waals surface area contributed by atoms with Crippen molar-refractivity contribution < 1.29 is 14.4 Å². The molecule has 3 amide bonds. The highest BCUT2D eigenvalue weighted by Gasteiger charge is 2.39. The van der Waals surface area contributed by atoms with Gasteiger partial charge < -0.3 is 9.80 Å². The topological polar surface area (TPSA) is 82.6 Å². The number of carbonyl (C=O) groups excluding carboxylic acids is 3. The Morgan fingerprint density at radius 2 is 1.97 bits per heavy atom. The number of hydrogen-bond donors (Lipinski definition) is 1. The van der Waals surface area contributed by atoms with Gasteiger partial charge in [-0.05, 0) is 68.4 Å². The van der Waals surface area contributed by atoms with E-state index in [0.29, 0.717) is 18.5 Å². The Kier molecular flexibility index (Phi) is 4.92. The normalized spacial score (nSPS) is 19.0. The summed E-state index contributed by atoms with van der Waals surface area (Å²) in [7, 11) is 4.05. The molecule has 1 fully saturated rings. The molecule has 1 aromatic heterocycles. The second-order valence-corrected chi connectivity index (χ2v) is 8.01. The van der Waals surface area contributed by atoms with Crippen LogP contribution >= 0.6 is 0 Å². The van der Waals surface area contributed by atoms with Crippen molar-refractivity contribution in [2.45, 2.75) is 38.9 Å². The monoisotopic (exact) mass is 392 g/mol. The number of benzene rings is 1. The van der Waals surface area contributed by atoms with Gasteiger partial charge in [-0.2, -0.15) is 0 Å². The zero-order valence-electron chi connectivity index (χ0n) is 16.9. The third-order valence-corrected chi connectivity index (χ3v) is 5.47. The van der Waals surface area contributed by atoms with E-state index >= 15 is 0 Å². The Hall–Kier alpha value is -3.06. The van der Waals surface area contributed by atoms with Crippen LogP contribution in [0.4, 0.5) is 0 Å². The zero-order chi connectivity index (χ0) is 20.7. The molecule has 2 aromatic rings. The summed E-state index contributed by atoms with van der Waals surface area (Å²) in [6.07, 6.45) is 2.43. The number of piperidine rings is 1. The molecular weight excluding hydrogens is 368 g/mol. The van der Waals surface area contributed by atoms with Crippen molar-refractivity contribution in [1.29, 1.82) is 0 Å². The highest BCUT2D eigenvalue weighted by atomic mass is 16.2. The first-order valence-corrected chi connectivity index (χ1v) is 9.71. The number of hydrogen-bond acceptors (Lipinski definition) is 5. The predicted molar refractivity (Wildman–Crippen MR) is 108 cm³/mol. The van der Waals surface area contributed by atoms with Gasteiger partial charge in [0.05, 0.1) is 5.69 Å². The van der Waals surface area contributed by atoms with Crippen LogP contribution < -0.4 is 5.32 Å². The van der Waals surface area contributed by atoms with Gasteiger partial charge in [-0.25, -0.2) is 0 Å². The van der Waals surface area contributed by atoms with Crippen LogP contribution in [0.2, 0.25) is 0 Å². The molecule has 0 saturated carbocycles. The van der Waals surface area contributed by atoms with E-state index in [9.17, 15) is 14.4 Å². The Balaban J connectivity index is 1.65. The maximum atomic E-state index is 12.9. The van der Waals surface area contributed by atoms with Gasteiger partial charge in [0.25, 0.3) is 5.91 Å². The smallest absolute Gasteiger partial charge is 0.255 e. The molecule has 0 aliphatic carbocycles. The molecule has 7 nitrogen and oxygen atoms in total. The van der Waals surface area contributed by atoms with Gasteiger partial charge in [0, 0.05) is 36.8 Å². The summed E-state index contributed by atoms with van der Waals surface area (Å²) in [6.45, 7) is 3.16. The number of nitrogens with zero attached hydrogens (tertiary/aromatic N) is 3. The van der Waals surface area contributed by atoms with E-state index < -0.39 is 11.9 Å². The third-order valence-electron chi connectivity index (χ3n) is 5.47. The lowest BCUT2D eigenvalue weighted by Gasteiger charge is -2.29. The zero-order valence-corrected chi connectivity index (χ0v) is 16.9. The van der Waals surface area contributed by atoms with Gasteiger partial charge in [-0.1, -0.05) is 0 Å². The highest BCUT2D eigenvalue weighted by Crippen LogP contribution is 2.33. The lowest BCUT2D eigenvalue weighted by Crippen LogP contribution is -2.52. The van der Waals surface area contributed by atoms with Crippen LogP contribution in [0.1, 0.15) is 39.9 Å². The van der Waals surface area contributed by atoms with E-state index in [4.69, 9.17) is 0 Å². The van der Waals surface area contributed by atoms with Gasteiger partial charge in [-0.3, -0.25) is 24.7 Å². The largest absolute Gasteiger partial charge is 0.322 e. The molecule has 0 bridgehead atoms. The van der Waals surface area contributed by atoms with E-state index in [-0.39, 0.29) is 18.2 Å². The van der Waals surface area contributed by atoms with Crippen molar-refractivity contribution in [2.24, 2.45) is 0 Å². The van der Waals surface area contributed by atoms with Crippen LogP contribution in [0.25, 0.3) is 11.3 Å². The molecule has 29 heavy (non-hydrogen) atoms. The molecule has 1 unspecified atom stereocenters. The van der Waals surface area contributed by atoms with Crippen LogP contribution in [0.5, 0.6) is 0 Å². The average Bonchev–Trinajstić information content (AvgIpc) is 2.96. The van der Waals surface area contributed by atoms with Crippen molar-refractivity contribution in [2.75, 3.05) is 14.1 Å². The number of rotatable bonds is 4. The van der Waals surface area contributed by atoms with Gasteiger partial charge in [0.2, 0.25) is 11.8 Å². The van der Waals surface area contributed by atoms with Gasteiger partial charge in [0.15, 0.2) is 0 Å². The first kappa shape index (κ1) is 19.3. The first-order chi connectivity index (χ1) is 13.8. The minimum atomic E-state index is -0.599. The number of aromatic nitrogens is 1. The molecule has 3 heterocycles. The second kappa shape index (κ2) is 7.40. The molecule has 1 saturated heterocycles. The molecule has 4 rings (SSSR count). The van der Waals surface area contributed by atoms with Crippen LogP contribution in [0.3, 0.4) is 0 Å². The summed E-state index contributed by atoms with van der Waals surface area (Å²) in [4.78, 5) is 44.8. The maximum absolute atomic E-state index is 12.9. The quantitative estimate of drug-likeness (QED) is 0.804. The Morgan fingerprint density at radius 1 is 1.17 bits per heavy atom. The molecule has 0 radical (unpaired) electrons. The van der Waals surface area contributed by atoms with Gasteiger partial charge in [0.1, 0.15) is 6.04 Å². The van der Waals surface area contributed by atoms with E-state index in [0.717, 1.165) is 28.9 Å². The van der Waals surface area contributed by atoms with Crippen LogP contribution in [-0.4, -0.2) is 52.6 Å². The standard InChI is InChI=1S/C22H24N4O3/c1-13-8-17-15(10-16(13)18-9-14(6-7-23-18)11-25(2)3)12-26(22(17)29)19-4-5-20(27)24-21(19)28/h6-10,19H,4-5,11-12H2,1-3H3,(H,24,27,28). The van der Waals surface area contributed by atoms with Crippen molar-refractivity contribution in [1.82, 2.24) is 20.1 Å². The van der Waals surface area contributed by atoms with E-state index in [1.54, 1.807) is 4.90 Å². The number of pyridine rings is 1. The van der Waals surface area contributed by atoms with Crippen LogP contribution in [0.15, 0.2) is 30.5 Å². The summed E-state index contributed by atoms with van der Waals surface area (Å²) >= 11 is 0. The predicted octanol–water partition coefficient (Wildman–Crippen LogP) is 1.88. The van der Waals surface area contributed by atoms with Crippen molar-refractivity contribution in [3.8, 4) is 11.3 Å². The molecule has 2 aliphatic heterocycles. The van der Waals surface area contributed by atoms with Crippen LogP contribution in [-0.2, 0) is 22.7 Å². The second-order valence-electron chi connectivity index (χ2n) is 8.01. The van der Waals surface area contributed by atoms with E-state index in [1.807, 2.05) is 45.4 Å². The Bertz CT molecular complexity index is 1020. The fourth-order valence-corrected chi connectivity index (χ4v) is 4.08. The molecule has 7 heteroatoms. The summed E-state index contributed by atoms with van der Waals surface area (Å²) < 4.78 is 0. The minimum absolute atomic E-state index is 0.154. The summed E-state index contributed by atoms with van der Waals surface area (Å²) in [6, 6.07) is 7.37. The molecular formula is C22H24N4O3. The first-order valence-electron chi connectivity index (χ1n) is 9.71. The maximum Gasteiger partial charge on any atom is 0.255 e. The van der Waals surface area contributed by atoms with Crippen molar-refractivity contribution in [3.63, 3.8) is 0 Å². The molecule has 150 valence electrons. The minimum Gasteiger partial charge on any atom is -0.322 e. The molecule has 1 N–H and O–H groups in total. The Morgan fingerprint density at radius 3 is 2.69 bits per heavy atom. The van der Waals surface area contributed by atoms with Gasteiger partial charge in [-0.15, -0.1) is 0 Å². The van der Waals surface area contributed by atoms with Crippen molar-refractivity contribution in [3.05, 3.63) is 52.7 Å². The highest BCUT2D eigenvalue weighted by molar-refractivity contribution is 6.05. The summed E-state index contributed by atoms with van der Waals surface area (Å²) in [5.74, 6) is -0.826. The fraction of sp³-hybridized carbons (Fsp3) is 0.364. The van der Waals surface area contributed by atoms with E-state index in [2.05, 4.69) is 21.3 Å². The lowest BCUT2D eigenvalue weighted by molar-refractivity contribution is -0.136. The lowest BCUT2D eigenvalue weighted by atomic mass is 9.97. The third kappa shape index (κ3) is 3.65. The number of imide groups is 1. The molecule has 1 aromatic carbocycles. The van der Waals surface area contributed by atoms with Gasteiger partial charge >= 0.3 is 0 Å². The molecule has 1 atom stereocenters. The van der Waals surface area contributed by atoms with E-state index in [1.165, 1.54) is 5.56 Å². The Labute approximate surface area is 169 Å². The summed E-state index contributed by atoms with van der Waals surface area (Å²) in [5.41, 5.74) is 5.51. The number of amides is 3. The number of aryl methyl sites for hydroxylation is 1. The molecule has 0 spiro atoms. The number of fused-ring (bicyclic) bond motifs is 1.